The van der Waals surface area contributed by atoms with Crippen molar-refractivity contribution in [3.63, 3.8) is 0 Å². The van der Waals surface area contributed by atoms with Gasteiger partial charge in [-0.05, 0) is 24.3 Å². The number of hydrogen-bond acceptors (Lipinski definition) is 6. The van der Waals surface area contributed by atoms with Gasteiger partial charge >= 0.3 is 11.3 Å². The lowest BCUT2D eigenvalue weighted by molar-refractivity contribution is -0.921. The Morgan fingerprint density at radius 3 is 2.57 bits per heavy atom. The summed E-state index contributed by atoms with van der Waals surface area (Å²) in [6, 6.07) is 13.5. The van der Waals surface area contributed by atoms with Crippen molar-refractivity contribution in [3.8, 4) is 16.9 Å². The zero-order chi connectivity index (χ0) is 20.7. The second kappa shape index (κ2) is 7.44. The van der Waals surface area contributed by atoms with E-state index in [4.69, 9.17) is 13.6 Å². The van der Waals surface area contributed by atoms with E-state index in [1.807, 2.05) is 12.1 Å². The molecule has 1 aliphatic rings. The van der Waals surface area contributed by atoms with Gasteiger partial charge in [0.05, 0.1) is 24.3 Å². The van der Waals surface area contributed by atoms with Crippen LogP contribution >= 0.6 is 0 Å². The topological polar surface area (TPSA) is 94.3 Å². The summed E-state index contributed by atoms with van der Waals surface area (Å²) in [5.74, 6) is 0.0623. The van der Waals surface area contributed by atoms with Crippen molar-refractivity contribution in [2.45, 2.75) is 6.54 Å². The molecule has 152 valence electrons. The fraction of sp³-hybridized carbons (Fsp3) is 0.217. The molecule has 0 unspecified atom stereocenters. The summed E-state index contributed by atoms with van der Waals surface area (Å²) in [6.07, 6.45) is 0. The van der Waals surface area contributed by atoms with Crippen molar-refractivity contribution in [2.75, 3.05) is 26.3 Å². The lowest BCUT2D eigenvalue weighted by Gasteiger charge is -2.24. The van der Waals surface area contributed by atoms with Gasteiger partial charge in [0, 0.05) is 22.4 Å². The highest BCUT2D eigenvalue weighted by Crippen LogP contribution is 2.32. The maximum atomic E-state index is 12.7. The molecule has 0 spiro atoms. The Morgan fingerprint density at radius 1 is 0.933 bits per heavy atom. The van der Waals surface area contributed by atoms with E-state index < -0.39 is 11.3 Å². The van der Waals surface area contributed by atoms with Crippen LogP contribution in [-0.2, 0) is 11.3 Å². The molecule has 2 aromatic carbocycles. The lowest BCUT2D eigenvalue weighted by Crippen LogP contribution is -3.12. The Labute approximate surface area is 170 Å². The number of phenols is 1. The second-order valence-corrected chi connectivity index (χ2v) is 7.44. The lowest BCUT2D eigenvalue weighted by atomic mass is 9.99. The highest BCUT2D eigenvalue weighted by atomic mass is 16.5. The molecule has 3 heterocycles. The Hall–Kier alpha value is -3.42. The fourth-order valence-electron chi connectivity index (χ4n) is 4.00. The largest absolute Gasteiger partial charge is 0.507 e. The quantitative estimate of drug-likeness (QED) is 0.503. The minimum absolute atomic E-state index is 0.0623. The Balaban J connectivity index is 1.72. The molecule has 0 aliphatic carbocycles. The summed E-state index contributed by atoms with van der Waals surface area (Å²) < 4.78 is 16.4. The van der Waals surface area contributed by atoms with Crippen LogP contribution in [0, 0.1) is 0 Å². The summed E-state index contributed by atoms with van der Waals surface area (Å²) in [7, 11) is 0. The van der Waals surface area contributed by atoms with E-state index in [1.165, 1.54) is 11.0 Å². The highest BCUT2D eigenvalue weighted by Gasteiger charge is 2.22. The van der Waals surface area contributed by atoms with E-state index in [-0.39, 0.29) is 11.3 Å². The molecule has 0 amide bonds. The number of ether oxygens (including phenoxy) is 1. The Morgan fingerprint density at radius 2 is 1.73 bits per heavy atom. The number of nitrogens with one attached hydrogen (secondary N) is 1. The summed E-state index contributed by atoms with van der Waals surface area (Å²) in [6.45, 7) is 3.38. The van der Waals surface area contributed by atoms with Gasteiger partial charge in [-0.25, -0.2) is 9.59 Å². The van der Waals surface area contributed by atoms with Crippen molar-refractivity contribution < 1.29 is 23.6 Å². The molecule has 1 fully saturated rings. The molecule has 2 N–H and O–H groups in total. The minimum Gasteiger partial charge on any atom is -0.507 e. The van der Waals surface area contributed by atoms with Crippen molar-refractivity contribution in [3.05, 3.63) is 74.9 Å². The Kier molecular flexibility index (Phi) is 4.61. The zero-order valence-corrected chi connectivity index (χ0v) is 16.1. The molecule has 0 atom stereocenters. The van der Waals surface area contributed by atoms with Gasteiger partial charge in [-0.2, -0.15) is 0 Å². The van der Waals surface area contributed by atoms with E-state index in [1.54, 1.807) is 30.3 Å². The molecular weight excluding hydrogens is 386 g/mol. The molecule has 1 saturated heterocycles. The first-order valence-corrected chi connectivity index (χ1v) is 9.83. The van der Waals surface area contributed by atoms with E-state index in [9.17, 15) is 14.7 Å². The number of phenolic OH excluding ortho intramolecular Hbond substituents is 1. The summed E-state index contributed by atoms with van der Waals surface area (Å²) in [5.41, 5.74) is 0.911. The fourth-order valence-corrected chi connectivity index (χ4v) is 4.00. The number of hydrogen-bond donors (Lipinski definition) is 2. The van der Waals surface area contributed by atoms with Gasteiger partial charge in [0.2, 0.25) is 0 Å². The standard InChI is InChI=1S/C23H19NO6/c25-19-6-5-15-16(17-11-14-3-1-2-4-20(14)29-23(17)27)12-21(26)30-22(15)18(19)13-24-7-9-28-10-8-24/h1-6,11-12,25H,7-10,13H2/p+1. The van der Waals surface area contributed by atoms with Crippen LogP contribution in [0.15, 0.2) is 67.0 Å². The number of rotatable bonds is 3. The van der Waals surface area contributed by atoms with Gasteiger partial charge in [-0.15, -0.1) is 0 Å². The van der Waals surface area contributed by atoms with Crippen LogP contribution in [-0.4, -0.2) is 31.4 Å². The number of benzene rings is 2. The van der Waals surface area contributed by atoms with E-state index in [0.717, 1.165) is 18.5 Å². The van der Waals surface area contributed by atoms with Crippen molar-refractivity contribution >= 4 is 21.9 Å². The molecule has 5 rings (SSSR count). The highest BCUT2D eigenvalue weighted by molar-refractivity contribution is 5.96. The van der Waals surface area contributed by atoms with E-state index in [2.05, 4.69) is 0 Å². The van der Waals surface area contributed by atoms with Gasteiger partial charge in [0.1, 0.15) is 31.0 Å². The number of morpholine rings is 1. The minimum atomic E-state index is -0.589. The van der Waals surface area contributed by atoms with Gasteiger partial charge in [-0.3, -0.25) is 0 Å². The molecule has 2 aromatic heterocycles. The molecule has 0 saturated carbocycles. The SMILES string of the molecule is O=c1cc(-c2cc3ccccc3oc2=O)c2ccc(O)c(C[NH+]3CCOCC3)c2o1. The number of aromatic hydroxyl groups is 1. The van der Waals surface area contributed by atoms with Crippen LogP contribution < -0.4 is 16.2 Å². The average molecular weight is 406 g/mol. The third kappa shape index (κ3) is 3.28. The molecule has 30 heavy (non-hydrogen) atoms. The average Bonchev–Trinajstić information content (AvgIpc) is 2.75. The maximum Gasteiger partial charge on any atom is 0.344 e. The predicted molar refractivity (Wildman–Crippen MR) is 111 cm³/mol. The van der Waals surface area contributed by atoms with Crippen LogP contribution in [0.5, 0.6) is 5.75 Å². The third-order valence-electron chi connectivity index (χ3n) is 5.55. The smallest absolute Gasteiger partial charge is 0.344 e. The molecule has 7 nitrogen and oxygen atoms in total. The summed E-state index contributed by atoms with van der Waals surface area (Å²) in [5, 5.41) is 11.8. The van der Waals surface area contributed by atoms with Crippen LogP contribution in [0.25, 0.3) is 33.1 Å². The van der Waals surface area contributed by atoms with Gasteiger partial charge in [-0.1, -0.05) is 18.2 Å². The van der Waals surface area contributed by atoms with E-state index >= 15 is 0 Å². The van der Waals surface area contributed by atoms with Gasteiger partial charge in [0.15, 0.2) is 5.58 Å². The van der Waals surface area contributed by atoms with Crippen LogP contribution in [0.1, 0.15) is 5.56 Å². The van der Waals surface area contributed by atoms with Gasteiger partial charge < -0.3 is 23.6 Å². The Bertz CT molecular complexity index is 1360. The van der Waals surface area contributed by atoms with Crippen molar-refractivity contribution in [1.82, 2.24) is 0 Å². The molecule has 1 aliphatic heterocycles. The number of quaternary nitrogens is 1. The van der Waals surface area contributed by atoms with Gasteiger partial charge in [0.25, 0.3) is 0 Å². The number of fused-ring (bicyclic) bond motifs is 2. The second-order valence-electron chi connectivity index (χ2n) is 7.44. The summed E-state index contributed by atoms with van der Waals surface area (Å²) in [4.78, 5) is 26.3. The predicted octanol–water partition coefficient (Wildman–Crippen LogP) is 1.69. The van der Waals surface area contributed by atoms with Crippen LogP contribution in [0.3, 0.4) is 0 Å². The number of para-hydroxylation sites is 1. The first-order chi connectivity index (χ1) is 14.6. The maximum absolute atomic E-state index is 12.7. The normalized spacial score (nSPS) is 15.1. The summed E-state index contributed by atoms with van der Waals surface area (Å²) >= 11 is 0. The van der Waals surface area contributed by atoms with Crippen LogP contribution in [0.2, 0.25) is 0 Å². The first kappa shape index (κ1) is 18.6. The van der Waals surface area contributed by atoms with Crippen LogP contribution in [0.4, 0.5) is 0 Å². The molecule has 0 bridgehead atoms. The zero-order valence-electron chi connectivity index (χ0n) is 16.1. The molecule has 7 heteroatoms. The molecular formula is C23H20NO6+. The van der Waals surface area contributed by atoms with Crippen molar-refractivity contribution in [1.29, 1.82) is 0 Å². The first-order valence-electron chi connectivity index (χ1n) is 9.83. The molecule has 0 radical (unpaired) electrons. The third-order valence-corrected chi connectivity index (χ3v) is 5.55. The van der Waals surface area contributed by atoms with E-state index in [0.29, 0.717) is 47.4 Å². The monoisotopic (exact) mass is 406 g/mol. The molecule has 4 aromatic rings. The van der Waals surface area contributed by atoms with Crippen molar-refractivity contribution in [2.24, 2.45) is 0 Å².